The Labute approximate surface area is 87.3 Å². The molecule has 74 valence electrons. The van der Waals surface area contributed by atoms with Gasteiger partial charge in [0, 0.05) is 11.1 Å². The highest BCUT2D eigenvalue weighted by atomic mass is 16.3. The van der Waals surface area contributed by atoms with E-state index in [1.54, 1.807) is 0 Å². The monoisotopic (exact) mass is 197 g/mol. The summed E-state index contributed by atoms with van der Waals surface area (Å²) in [6.45, 7) is 2.04. The Hall–Kier alpha value is -1.96. The molecule has 0 unspecified atom stereocenters. The van der Waals surface area contributed by atoms with E-state index in [9.17, 15) is 0 Å². The molecule has 0 saturated carbocycles. The number of nitrogens with two attached hydrogens (primary N) is 1. The first-order valence-corrected chi connectivity index (χ1v) is 4.93. The summed E-state index contributed by atoms with van der Waals surface area (Å²) in [6.07, 6.45) is 0. The third-order valence-corrected chi connectivity index (χ3v) is 2.75. The Morgan fingerprint density at radius 1 is 1.07 bits per heavy atom. The van der Waals surface area contributed by atoms with Gasteiger partial charge in [-0.05, 0) is 24.6 Å². The smallest absolute Gasteiger partial charge is 0.138 e. The Morgan fingerprint density at radius 3 is 2.73 bits per heavy atom. The largest absolute Gasteiger partial charge is 0.456 e. The van der Waals surface area contributed by atoms with E-state index in [1.165, 1.54) is 0 Å². The lowest BCUT2D eigenvalue weighted by Crippen LogP contribution is -1.83. The molecule has 0 aliphatic carbocycles. The van der Waals surface area contributed by atoms with Gasteiger partial charge in [-0.25, -0.2) is 0 Å². The molecule has 2 nitrogen and oxygen atoms in total. The van der Waals surface area contributed by atoms with Crippen molar-refractivity contribution in [2.45, 2.75) is 6.92 Å². The predicted molar refractivity (Wildman–Crippen MR) is 62.9 cm³/mol. The Morgan fingerprint density at radius 2 is 1.87 bits per heavy atom. The molecule has 0 saturated heterocycles. The lowest BCUT2D eigenvalue weighted by molar-refractivity contribution is 0.666. The number of furan rings is 1. The molecule has 0 aliphatic heterocycles. The molecule has 0 amide bonds. The summed E-state index contributed by atoms with van der Waals surface area (Å²) < 4.78 is 5.78. The fraction of sp³-hybridized carbons (Fsp3) is 0.0769. The van der Waals surface area contributed by atoms with Gasteiger partial charge < -0.3 is 10.2 Å². The summed E-state index contributed by atoms with van der Waals surface area (Å²) in [5.74, 6) is 0. The van der Waals surface area contributed by atoms with E-state index in [0.717, 1.165) is 33.2 Å². The molecule has 15 heavy (non-hydrogen) atoms. The fourth-order valence-electron chi connectivity index (χ4n) is 2.02. The highest BCUT2D eigenvalue weighted by Gasteiger charge is 2.09. The molecule has 0 spiro atoms. The first-order valence-electron chi connectivity index (χ1n) is 4.93. The number of aryl methyl sites for hydroxylation is 1. The molecule has 0 fully saturated rings. The van der Waals surface area contributed by atoms with Crippen LogP contribution in [0.2, 0.25) is 0 Å². The van der Waals surface area contributed by atoms with Gasteiger partial charge in [0.15, 0.2) is 0 Å². The molecule has 0 bridgehead atoms. The minimum atomic E-state index is 0.775. The summed E-state index contributed by atoms with van der Waals surface area (Å²) >= 11 is 0. The summed E-state index contributed by atoms with van der Waals surface area (Å²) in [5.41, 5.74) is 9.67. The second kappa shape index (κ2) is 2.76. The van der Waals surface area contributed by atoms with Crippen molar-refractivity contribution in [1.82, 2.24) is 0 Å². The van der Waals surface area contributed by atoms with Gasteiger partial charge in [0.1, 0.15) is 11.2 Å². The predicted octanol–water partition coefficient (Wildman–Crippen LogP) is 3.48. The van der Waals surface area contributed by atoms with Crippen molar-refractivity contribution in [3.8, 4) is 0 Å². The summed E-state index contributed by atoms with van der Waals surface area (Å²) in [5, 5.41) is 2.12. The number of anilines is 1. The van der Waals surface area contributed by atoms with Gasteiger partial charge in [0.2, 0.25) is 0 Å². The van der Waals surface area contributed by atoms with Crippen LogP contribution in [0.3, 0.4) is 0 Å². The molecule has 0 atom stereocenters. The van der Waals surface area contributed by atoms with E-state index in [4.69, 9.17) is 10.2 Å². The number of hydrogen-bond acceptors (Lipinski definition) is 2. The molecule has 2 N–H and O–H groups in total. The van der Waals surface area contributed by atoms with Crippen LogP contribution in [0.5, 0.6) is 0 Å². The van der Waals surface area contributed by atoms with Gasteiger partial charge in [-0.2, -0.15) is 0 Å². The van der Waals surface area contributed by atoms with Crippen LogP contribution in [0, 0.1) is 6.92 Å². The van der Waals surface area contributed by atoms with Crippen LogP contribution in [0.15, 0.2) is 40.8 Å². The van der Waals surface area contributed by atoms with Gasteiger partial charge in [0.25, 0.3) is 0 Å². The van der Waals surface area contributed by atoms with E-state index >= 15 is 0 Å². The molecule has 2 heteroatoms. The number of para-hydroxylation sites is 1. The van der Waals surface area contributed by atoms with E-state index < -0.39 is 0 Å². The molecule has 3 rings (SSSR count). The number of benzene rings is 2. The molecule has 1 heterocycles. The van der Waals surface area contributed by atoms with Crippen molar-refractivity contribution < 1.29 is 4.42 Å². The molecule has 1 aromatic heterocycles. The molecule has 3 aromatic rings. The zero-order valence-corrected chi connectivity index (χ0v) is 8.45. The second-order valence-corrected chi connectivity index (χ2v) is 3.77. The van der Waals surface area contributed by atoms with Crippen molar-refractivity contribution in [2.24, 2.45) is 0 Å². The maximum Gasteiger partial charge on any atom is 0.138 e. The van der Waals surface area contributed by atoms with Crippen molar-refractivity contribution in [1.29, 1.82) is 0 Å². The van der Waals surface area contributed by atoms with Crippen molar-refractivity contribution in [3.05, 3.63) is 42.0 Å². The van der Waals surface area contributed by atoms with E-state index in [-0.39, 0.29) is 0 Å². The average molecular weight is 197 g/mol. The molecular weight excluding hydrogens is 186 g/mol. The zero-order chi connectivity index (χ0) is 10.4. The molecule has 0 radical (unpaired) electrons. The van der Waals surface area contributed by atoms with E-state index in [2.05, 4.69) is 0 Å². The van der Waals surface area contributed by atoms with Crippen LogP contribution in [0.4, 0.5) is 5.69 Å². The Kier molecular flexibility index (Phi) is 1.54. The zero-order valence-electron chi connectivity index (χ0n) is 8.45. The summed E-state index contributed by atoms with van der Waals surface area (Å²) in [7, 11) is 0. The molecule has 0 aliphatic rings. The molecule has 2 aromatic carbocycles. The van der Waals surface area contributed by atoms with Gasteiger partial charge >= 0.3 is 0 Å². The highest BCUT2D eigenvalue weighted by molar-refractivity contribution is 6.11. The first-order chi connectivity index (χ1) is 7.27. The van der Waals surface area contributed by atoms with Crippen LogP contribution in [-0.4, -0.2) is 0 Å². The Balaban J connectivity index is 2.65. The number of fused-ring (bicyclic) bond motifs is 3. The van der Waals surface area contributed by atoms with Crippen LogP contribution in [-0.2, 0) is 0 Å². The van der Waals surface area contributed by atoms with E-state index in [1.807, 2.05) is 43.3 Å². The third kappa shape index (κ3) is 1.05. The van der Waals surface area contributed by atoms with Gasteiger partial charge in [-0.3, -0.25) is 0 Å². The lowest BCUT2D eigenvalue weighted by Gasteiger charge is -1.94. The van der Waals surface area contributed by atoms with E-state index in [0.29, 0.717) is 0 Å². The molecular formula is C13H11NO. The van der Waals surface area contributed by atoms with Crippen molar-refractivity contribution in [3.63, 3.8) is 0 Å². The van der Waals surface area contributed by atoms with Gasteiger partial charge in [0.05, 0.1) is 5.39 Å². The van der Waals surface area contributed by atoms with Crippen molar-refractivity contribution in [2.75, 3.05) is 5.73 Å². The van der Waals surface area contributed by atoms with Crippen LogP contribution in [0.1, 0.15) is 5.56 Å². The third-order valence-electron chi connectivity index (χ3n) is 2.75. The normalized spacial score (nSPS) is 11.3. The second-order valence-electron chi connectivity index (χ2n) is 3.77. The SMILES string of the molecule is Cc1cccc2c1oc1cccc(N)c12. The van der Waals surface area contributed by atoms with Crippen LogP contribution >= 0.6 is 0 Å². The fourth-order valence-corrected chi connectivity index (χ4v) is 2.02. The number of nitrogen functional groups attached to an aromatic ring is 1. The maximum absolute atomic E-state index is 5.96. The minimum absolute atomic E-state index is 0.775. The number of rotatable bonds is 0. The van der Waals surface area contributed by atoms with Crippen LogP contribution < -0.4 is 5.73 Å². The van der Waals surface area contributed by atoms with Crippen molar-refractivity contribution >= 4 is 27.6 Å². The van der Waals surface area contributed by atoms with Gasteiger partial charge in [-0.1, -0.05) is 24.3 Å². The first kappa shape index (κ1) is 8.36. The van der Waals surface area contributed by atoms with Gasteiger partial charge in [-0.15, -0.1) is 0 Å². The Bertz CT molecular complexity index is 652. The topological polar surface area (TPSA) is 39.2 Å². The number of hydrogen-bond donors (Lipinski definition) is 1. The standard InChI is InChI=1S/C13H11NO/c1-8-4-2-5-9-12-10(14)6-3-7-11(12)15-13(8)9/h2-7H,14H2,1H3. The van der Waals surface area contributed by atoms with Crippen LogP contribution in [0.25, 0.3) is 21.9 Å². The highest BCUT2D eigenvalue weighted by Crippen LogP contribution is 2.33. The summed E-state index contributed by atoms with van der Waals surface area (Å²) in [6, 6.07) is 11.9. The summed E-state index contributed by atoms with van der Waals surface area (Å²) in [4.78, 5) is 0. The maximum atomic E-state index is 5.96. The lowest BCUT2D eigenvalue weighted by atomic mass is 10.1. The average Bonchev–Trinajstić information content (AvgIpc) is 2.59. The minimum Gasteiger partial charge on any atom is -0.456 e. The quantitative estimate of drug-likeness (QED) is 0.560.